The van der Waals surface area contributed by atoms with Crippen LogP contribution < -0.4 is 15.5 Å². The lowest BCUT2D eigenvalue weighted by Gasteiger charge is -2.20. The van der Waals surface area contributed by atoms with Crippen LogP contribution in [0.5, 0.6) is 0 Å². The van der Waals surface area contributed by atoms with Gasteiger partial charge in [0.15, 0.2) is 0 Å². The van der Waals surface area contributed by atoms with E-state index in [1.54, 1.807) is 35.2 Å². The minimum atomic E-state index is -0.241. The molecule has 2 N–H and O–H groups in total. The largest absolute Gasteiger partial charge is 0.352 e. The Balaban J connectivity index is 1.72. The number of rotatable bonds is 5. The van der Waals surface area contributed by atoms with Crippen molar-refractivity contribution in [2.45, 2.75) is 26.3 Å². The van der Waals surface area contributed by atoms with Crippen LogP contribution in [0.2, 0.25) is 0 Å². The van der Waals surface area contributed by atoms with E-state index in [0.29, 0.717) is 30.8 Å². The smallest absolute Gasteiger partial charge is 0.255 e. The summed E-state index contributed by atoms with van der Waals surface area (Å²) in [7, 11) is 0. The molecule has 0 aliphatic carbocycles. The van der Waals surface area contributed by atoms with Crippen LogP contribution in [0.15, 0.2) is 48.5 Å². The van der Waals surface area contributed by atoms with E-state index in [-0.39, 0.29) is 17.7 Å². The standard InChI is InChI=1S/C20H21N3O3/c1-14(24)21-13-15-8-10-16(11-9-15)20(26)22-17-5-2-3-6-18(17)23-12-4-7-19(23)25/h2-3,5-6,8-11H,4,7,12-13H2,1H3,(H,21,24)(H,22,26). The van der Waals surface area contributed by atoms with Gasteiger partial charge < -0.3 is 15.5 Å². The van der Waals surface area contributed by atoms with Crippen molar-refractivity contribution in [3.63, 3.8) is 0 Å². The second-order valence-corrected chi connectivity index (χ2v) is 6.23. The Hall–Kier alpha value is -3.15. The highest BCUT2D eigenvalue weighted by Crippen LogP contribution is 2.29. The molecule has 26 heavy (non-hydrogen) atoms. The van der Waals surface area contributed by atoms with E-state index in [0.717, 1.165) is 17.7 Å². The molecule has 1 heterocycles. The van der Waals surface area contributed by atoms with E-state index in [1.165, 1.54) is 6.92 Å². The molecule has 1 saturated heterocycles. The average Bonchev–Trinajstić information content (AvgIpc) is 3.06. The molecule has 2 aromatic carbocycles. The fourth-order valence-electron chi connectivity index (χ4n) is 2.91. The number of nitrogens with one attached hydrogen (secondary N) is 2. The molecule has 2 aromatic rings. The highest BCUT2D eigenvalue weighted by Gasteiger charge is 2.24. The number of benzene rings is 2. The number of hydrogen-bond donors (Lipinski definition) is 2. The molecule has 0 unspecified atom stereocenters. The summed E-state index contributed by atoms with van der Waals surface area (Å²) in [6, 6.07) is 14.4. The lowest BCUT2D eigenvalue weighted by atomic mass is 10.1. The molecule has 0 aromatic heterocycles. The van der Waals surface area contributed by atoms with Crippen LogP contribution >= 0.6 is 0 Å². The summed E-state index contributed by atoms with van der Waals surface area (Å²) in [5, 5.41) is 5.61. The number of hydrogen-bond acceptors (Lipinski definition) is 3. The molecule has 3 amide bonds. The summed E-state index contributed by atoms with van der Waals surface area (Å²) >= 11 is 0. The van der Waals surface area contributed by atoms with Gasteiger partial charge in [-0.1, -0.05) is 24.3 Å². The summed E-state index contributed by atoms with van der Waals surface area (Å²) in [4.78, 5) is 37.2. The van der Waals surface area contributed by atoms with Crippen molar-refractivity contribution >= 4 is 29.1 Å². The second-order valence-electron chi connectivity index (χ2n) is 6.23. The fraction of sp³-hybridized carbons (Fsp3) is 0.250. The monoisotopic (exact) mass is 351 g/mol. The van der Waals surface area contributed by atoms with Crippen LogP contribution in [0.3, 0.4) is 0 Å². The average molecular weight is 351 g/mol. The van der Waals surface area contributed by atoms with Gasteiger partial charge in [-0.05, 0) is 36.2 Å². The van der Waals surface area contributed by atoms with Gasteiger partial charge in [-0.15, -0.1) is 0 Å². The predicted molar refractivity (Wildman–Crippen MR) is 99.9 cm³/mol. The van der Waals surface area contributed by atoms with Crippen molar-refractivity contribution in [2.75, 3.05) is 16.8 Å². The molecule has 0 atom stereocenters. The molecular weight excluding hydrogens is 330 g/mol. The van der Waals surface area contributed by atoms with Crippen LogP contribution in [0.1, 0.15) is 35.7 Å². The number of nitrogens with zero attached hydrogens (tertiary/aromatic N) is 1. The van der Waals surface area contributed by atoms with Crippen LogP contribution in [0.4, 0.5) is 11.4 Å². The molecular formula is C20H21N3O3. The molecule has 6 nitrogen and oxygen atoms in total. The summed E-state index contributed by atoms with van der Waals surface area (Å²) < 4.78 is 0. The Bertz CT molecular complexity index is 830. The van der Waals surface area contributed by atoms with Crippen molar-refractivity contribution in [3.05, 3.63) is 59.7 Å². The third-order valence-corrected chi connectivity index (χ3v) is 4.27. The summed E-state index contributed by atoms with van der Waals surface area (Å²) in [6.45, 7) is 2.56. The molecule has 0 bridgehead atoms. The van der Waals surface area contributed by atoms with E-state index in [4.69, 9.17) is 0 Å². The lowest BCUT2D eigenvalue weighted by Crippen LogP contribution is -2.25. The maximum atomic E-state index is 12.6. The molecule has 1 aliphatic heterocycles. The van der Waals surface area contributed by atoms with Crippen molar-refractivity contribution < 1.29 is 14.4 Å². The van der Waals surface area contributed by atoms with Gasteiger partial charge in [-0.3, -0.25) is 14.4 Å². The first-order valence-electron chi connectivity index (χ1n) is 8.59. The van der Waals surface area contributed by atoms with Crippen LogP contribution in [0, 0.1) is 0 Å². The van der Waals surface area contributed by atoms with E-state index >= 15 is 0 Å². The maximum Gasteiger partial charge on any atom is 0.255 e. The first-order chi connectivity index (χ1) is 12.5. The van der Waals surface area contributed by atoms with Gasteiger partial charge in [0.2, 0.25) is 11.8 Å². The van der Waals surface area contributed by atoms with Gasteiger partial charge in [-0.2, -0.15) is 0 Å². The SMILES string of the molecule is CC(=O)NCc1ccc(C(=O)Nc2ccccc2N2CCCC2=O)cc1. The maximum absolute atomic E-state index is 12.6. The quantitative estimate of drug-likeness (QED) is 0.869. The first-order valence-corrected chi connectivity index (χ1v) is 8.59. The van der Waals surface area contributed by atoms with Crippen LogP contribution in [-0.2, 0) is 16.1 Å². The molecule has 6 heteroatoms. The Morgan fingerprint density at radius 2 is 1.81 bits per heavy atom. The van der Waals surface area contributed by atoms with Gasteiger partial charge in [0.05, 0.1) is 11.4 Å². The van der Waals surface area contributed by atoms with Gasteiger partial charge >= 0.3 is 0 Å². The molecule has 0 saturated carbocycles. The van der Waals surface area contributed by atoms with Gasteiger partial charge in [0.25, 0.3) is 5.91 Å². The molecule has 3 rings (SSSR count). The molecule has 0 spiro atoms. The Morgan fingerprint density at radius 3 is 2.46 bits per heavy atom. The zero-order chi connectivity index (χ0) is 18.5. The van der Waals surface area contributed by atoms with Crippen molar-refractivity contribution in [3.8, 4) is 0 Å². The summed E-state index contributed by atoms with van der Waals surface area (Å²) in [5.74, 6) is -0.260. The van der Waals surface area contributed by atoms with Crippen molar-refractivity contribution in [1.82, 2.24) is 5.32 Å². The molecule has 1 aliphatic rings. The number of carbonyl (C=O) groups is 3. The number of para-hydroxylation sites is 2. The van der Waals surface area contributed by atoms with Crippen LogP contribution in [-0.4, -0.2) is 24.3 Å². The van der Waals surface area contributed by atoms with E-state index < -0.39 is 0 Å². The van der Waals surface area contributed by atoms with Crippen molar-refractivity contribution in [2.24, 2.45) is 0 Å². The van der Waals surface area contributed by atoms with Gasteiger partial charge in [0.1, 0.15) is 0 Å². The topological polar surface area (TPSA) is 78.5 Å². The van der Waals surface area contributed by atoms with E-state index in [2.05, 4.69) is 10.6 Å². The number of carbonyl (C=O) groups excluding carboxylic acids is 3. The summed E-state index contributed by atoms with van der Waals surface area (Å²) in [6.07, 6.45) is 1.37. The highest BCUT2D eigenvalue weighted by atomic mass is 16.2. The Morgan fingerprint density at radius 1 is 1.08 bits per heavy atom. The number of anilines is 2. The Kier molecular flexibility index (Phi) is 5.31. The summed E-state index contributed by atoms with van der Waals surface area (Å²) in [5.41, 5.74) is 2.78. The second kappa shape index (κ2) is 7.82. The van der Waals surface area contributed by atoms with Gasteiger partial charge in [-0.25, -0.2) is 0 Å². The molecule has 0 radical (unpaired) electrons. The zero-order valence-electron chi connectivity index (χ0n) is 14.6. The zero-order valence-corrected chi connectivity index (χ0v) is 14.6. The normalized spacial score (nSPS) is 13.6. The fourth-order valence-corrected chi connectivity index (χ4v) is 2.91. The highest BCUT2D eigenvalue weighted by molar-refractivity contribution is 6.08. The molecule has 134 valence electrons. The van der Waals surface area contributed by atoms with E-state index in [9.17, 15) is 14.4 Å². The van der Waals surface area contributed by atoms with Crippen LogP contribution in [0.25, 0.3) is 0 Å². The Labute approximate surface area is 152 Å². The van der Waals surface area contributed by atoms with Gasteiger partial charge in [0, 0.05) is 32.0 Å². The number of amides is 3. The third kappa shape index (κ3) is 4.08. The lowest BCUT2D eigenvalue weighted by molar-refractivity contribution is -0.119. The molecule has 1 fully saturated rings. The first kappa shape index (κ1) is 17.7. The minimum absolute atomic E-state index is 0.0778. The van der Waals surface area contributed by atoms with E-state index in [1.807, 2.05) is 18.2 Å². The van der Waals surface area contributed by atoms with Crippen molar-refractivity contribution in [1.29, 1.82) is 0 Å². The third-order valence-electron chi connectivity index (χ3n) is 4.27. The minimum Gasteiger partial charge on any atom is -0.352 e. The predicted octanol–water partition coefficient (Wildman–Crippen LogP) is 2.70.